The molecule has 0 bridgehead atoms. The second kappa shape index (κ2) is 7.85. The van der Waals surface area contributed by atoms with E-state index in [0.29, 0.717) is 6.04 Å². The maximum Gasteiger partial charge on any atom is 0.248 e. The molecule has 110 valence electrons. The average Bonchev–Trinajstić information content (AvgIpc) is 2.74. The van der Waals surface area contributed by atoms with Gasteiger partial charge in [0.2, 0.25) is 5.91 Å². The summed E-state index contributed by atoms with van der Waals surface area (Å²) in [6, 6.07) is 0.437. The molecule has 4 nitrogen and oxygen atoms in total. The first-order valence-corrected chi connectivity index (χ1v) is 7.85. The standard InChI is InChI=1S/C15H28N2O2/c1-17(13-6-4-2-3-5-7-13)15(18)12-19-14-8-10-16-11-9-14/h13-14,16H,2-12H2,1H3. The number of likely N-dealkylation sites (N-methyl/N-ethyl adjacent to an activating group) is 1. The van der Waals surface area contributed by atoms with E-state index in [1.807, 2.05) is 11.9 Å². The number of ether oxygens (including phenoxy) is 1. The van der Waals surface area contributed by atoms with Crippen molar-refractivity contribution in [2.45, 2.75) is 63.5 Å². The Morgan fingerprint density at radius 3 is 2.37 bits per heavy atom. The van der Waals surface area contributed by atoms with Crippen molar-refractivity contribution >= 4 is 5.91 Å². The predicted octanol–water partition coefficient (Wildman–Crippen LogP) is 1.94. The predicted molar refractivity (Wildman–Crippen MR) is 76.1 cm³/mol. The molecule has 0 radical (unpaired) electrons. The fourth-order valence-corrected chi connectivity index (χ4v) is 3.10. The molecule has 2 aliphatic rings. The van der Waals surface area contributed by atoms with Gasteiger partial charge >= 0.3 is 0 Å². The van der Waals surface area contributed by atoms with Crippen molar-refractivity contribution in [3.05, 3.63) is 0 Å². The molecule has 2 fully saturated rings. The lowest BCUT2D eigenvalue weighted by Crippen LogP contribution is -2.40. The molecular formula is C15H28N2O2. The number of carbonyl (C=O) groups excluding carboxylic acids is 1. The van der Waals surface area contributed by atoms with Crippen molar-refractivity contribution in [1.29, 1.82) is 0 Å². The SMILES string of the molecule is CN(C(=O)COC1CCNCC1)C1CCCCCC1. The van der Waals surface area contributed by atoms with Crippen molar-refractivity contribution < 1.29 is 9.53 Å². The van der Waals surface area contributed by atoms with Crippen molar-refractivity contribution in [2.75, 3.05) is 26.7 Å². The summed E-state index contributed by atoms with van der Waals surface area (Å²) >= 11 is 0. The highest BCUT2D eigenvalue weighted by atomic mass is 16.5. The van der Waals surface area contributed by atoms with Gasteiger partial charge < -0.3 is 15.0 Å². The number of nitrogens with one attached hydrogen (secondary N) is 1. The molecule has 0 spiro atoms. The third kappa shape index (κ3) is 4.77. The maximum atomic E-state index is 12.2. The van der Waals surface area contributed by atoms with Crippen LogP contribution in [-0.2, 0) is 9.53 Å². The molecule has 1 saturated carbocycles. The first kappa shape index (κ1) is 14.8. The number of hydrogen-bond donors (Lipinski definition) is 1. The first-order chi connectivity index (χ1) is 9.27. The zero-order valence-electron chi connectivity index (χ0n) is 12.2. The summed E-state index contributed by atoms with van der Waals surface area (Å²) in [6.45, 7) is 2.28. The Morgan fingerprint density at radius 1 is 1.11 bits per heavy atom. The summed E-state index contributed by atoms with van der Waals surface area (Å²) < 4.78 is 5.76. The van der Waals surface area contributed by atoms with Gasteiger partial charge in [0, 0.05) is 13.1 Å². The van der Waals surface area contributed by atoms with Gasteiger partial charge in [0.15, 0.2) is 0 Å². The van der Waals surface area contributed by atoms with Gasteiger partial charge in [-0.3, -0.25) is 4.79 Å². The maximum absolute atomic E-state index is 12.2. The summed E-state index contributed by atoms with van der Waals surface area (Å²) in [6.07, 6.45) is 9.82. The lowest BCUT2D eigenvalue weighted by molar-refractivity contribution is -0.139. The van der Waals surface area contributed by atoms with Crippen LogP contribution in [0, 0.1) is 0 Å². The zero-order chi connectivity index (χ0) is 13.5. The van der Waals surface area contributed by atoms with Crippen molar-refractivity contribution in [3.63, 3.8) is 0 Å². The van der Waals surface area contributed by atoms with E-state index in [1.54, 1.807) is 0 Å². The fourth-order valence-electron chi connectivity index (χ4n) is 3.10. The van der Waals surface area contributed by atoms with Crippen LogP contribution < -0.4 is 5.32 Å². The van der Waals surface area contributed by atoms with Crippen molar-refractivity contribution in [3.8, 4) is 0 Å². The van der Waals surface area contributed by atoms with E-state index in [1.165, 1.54) is 25.7 Å². The van der Waals surface area contributed by atoms with Gasteiger partial charge in [0.1, 0.15) is 6.61 Å². The lowest BCUT2D eigenvalue weighted by Gasteiger charge is -2.29. The fraction of sp³-hybridized carbons (Fsp3) is 0.933. The van der Waals surface area contributed by atoms with Gasteiger partial charge in [-0.05, 0) is 38.8 Å². The van der Waals surface area contributed by atoms with Crippen molar-refractivity contribution in [2.24, 2.45) is 0 Å². The van der Waals surface area contributed by atoms with Crippen LogP contribution >= 0.6 is 0 Å². The van der Waals surface area contributed by atoms with Crippen molar-refractivity contribution in [1.82, 2.24) is 10.2 Å². The van der Waals surface area contributed by atoms with Crippen LogP contribution in [0.5, 0.6) is 0 Å². The highest BCUT2D eigenvalue weighted by molar-refractivity contribution is 5.77. The highest BCUT2D eigenvalue weighted by Crippen LogP contribution is 2.21. The molecule has 0 aromatic heterocycles. The Morgan fingerprint density at radius 2 is 1.74 bits per heavy atom. The Kier molecular flexibility index (Phi) is 6.11. The van der Waals surface area contributed by atoms with Crippen LogP contribution in [0.4, 0.5) is 0 Å². The molecule has 19 heavy (non-hydrogen) atoms. The van der Waals surface area contributed by atoms with Gasteiger partial charge in [0.25, 0.3) is 0 Å². The molecule has 0 aromatic carbocycles. The topological polar surface area (TPSA) is 41.6 Å². The Hall–Kier alpha value is -0.610. The molecule has 2 rings (SSSR count). The van der Waals surface area contributed by atoms with Crippen LogP contribution in [0.3, 0.4) is 0 Å². The third-order valence-electron chi connectivity index (χ3n) is 4.49. The zero-order valence-corrected chi connectivity index (χ0v) is 12.2. The van der Waals surface area contributed by atoms with Gasteiger partial charge in [-0.2, -0.15) is 0 Å². The second-order valence-electron chi connectivity index (χ2n) is 5.91. The first-order valence-electron chi connectivity index (χ1n) is 7.85. The average molecular weight is 268 g/mol. The smallest absolute Gasteiger partial charge is 0.248 e. The van der Waals surface area contributed by atoms with Gasteiger partial charge in [0.05, 0.1) is 6.10 Å². The summed E-state index contributed by atoms with van der Waals surface area (Å²) in [5.74, 6) is 0.158. The molecule has 1 amide bonds. The molecule has 1 aliphatic heterocycles. The lowest BCUT2D eigenvalue weighted by atomic mass is 10.1. The van der Waals surface area contributed by atoms with E-state index < -0.39 is 0 Å². The molecule has 0 aromatic rings. The normalized spacial score (nSPS) is 23.0. The Balaban J connectivity index is 1.71. The van der Waals surface area contributed by atoms with E-state index in [0.717, 1.165) is 38.8 Å². The third-order valence-corrected chi connectivity index (χ3v) is 4.49. The minimum atomic E-state index is 0.158. The minimum absolute atomic E-state index is 0.158. The highest BCUT2D eigenvalue weighted by Gasteiger charge is 2.22. The number of carbonyl (C=O) groups is 1. The number of nitrogens with zero attached hydrogens (tertiary/aromatic N) is 1. The largest absolute Gasteiger partial charge is 0.368 e. The summed E-state index contributed by atoms with van der Waals surface area (Å²) in [7, 11) is 1.95. The molecule has 4 heteroatoms. The molecule has 1 aliphatic carbocycles. The molecule has 1 heterocycles. The molecule has 1 saturated heterocycles. The molecular weight excluding hydrogens is 240 g/mol. The number of hydrogen-bond acceptors (Lipinski definition) is 3. The summed E-state index contributed by atoms with van der Waals surface area (Å²) in [5.41, 5.74) is 0. The van der Waals surface area contributed by atoms with E-state index in [9.17, 15) is 4.79 Å². The van der Waals surface area contributed by atoms with Gasteiger partial charge in [-0.15, -0.1) is 0 Å². The van der Waals surface area contributed by atoms with E-state index in [2.05, 4.69) is 5.32 Å². The van der Waals surface area contributed by atoms with Gasteiger partial charge in [-0.25, -0.2) is 0 Å². The second-order valence-corrected chi connectivity index (χ2v) is 5.91. The molecule has 0 unspecified atom stereocenters. The monoisotopic (exact) mass is 268 g/mol. The molecule has 1 N–H and O–H groups in total. The minimum Gasteiger partial charge on any atom is -0.368 e. The number of amides is 1. The van der Waals surface area contributed by atoms with Gasteiger partial charge in [-0.1, -0.05) is 25.7 Å². The number of piperidine rings is 1. The van der Waals surface area contributed by atoms with E-state index >= 15 is 0 Å². The van der Waals surface area contributed by atoms with Crippen LogP contribution in [0.1, 0.15) is 51.4 Å². The number of rotatable bonds is 4. The Labute approximate surface area is 116 Å². The van der Waals surface area contributed by atoms with Crippen LogP contribution in [0.2, 0.25) is 0 Å². The van der Waals surface area contributed by atoms with Crippen LogP contribution in [0.15, 0.2) is 0 Å². The van der Waals surface area contributed by atoms with E-state index in [-0.39, 0.29) is 18.6 Å². The van der Waals surface area contributed by atoms with E-state index in [4.69, 9.17) is 4.74 Å². The van der Waals surface area contributed by atoms with Crippen LogP contribution in [-0.4, -0.2) is 49.7 Å². The summed E-state index contributed by atoms with van der Waals surface area (Å²) in [5, 5.41) is 3.31. The van der Waals surface area contributed by atoms with Crippen LogP contribution in [0.25, 0.3) is 0 Å². The Bertz CT molecular complexity index is 269. The summed E-state index contributed by atoms with van der Waals surface area (Å²) in [4.78, 5) is 14.1. The quantitative estimate of drug-likeness (QED) is 0.792. The molecule has 0 atom stereocenters.